The van der Waals surface area contributed by atoms with E-state index in [2.05, 4.69) is 0 Å². The minimum absolute atomic E-state index is 0.0698. The smallest absolute Gasteiger partial charge is 0.370 e. The topological polar surface area (TPSA) is 63.6 Å². The first kappa shape index (κ1) is 16.6. The molecule has 0 heterocycles. The molecule has 3 aliphatic rings. The van der Waals surface area contributed by atoms with E-state index in [4.69, 9.17) is 9.29 Å². The molecule has 7 heteroatoms. The Morgan fingerprint density at radius 1 is 1.14 bits per heavy atom. The van der Waals surface area contributed by atoms with Gasteiger partial charge in [0.05, 0.1) is 0 Å². The van der Waals surface area contributed by atoms with Crippen LogP contribution in [-0.4, -0.2) is 31.4 Å². The first-order valence-corrected chi connectivity index (χ1v) is 9.66. The monoisotopic (exact) mass is 338 g/mol. The van der Waals surface area contributed by atoms with Crippen LogP contribution in [0.25, 0.3) is 0 Å². The average Bonchev–Trinajstić information content (AvgIpc) is 3.09. The Kier molecular flexibility index (Phi) is 4.51. The zero-order chi connectivity index (χ0) is 16.0. The van der Waals surface area contributed by atoms with Crippen molar-refractivity contribution in [2.45, 2.75) is 50.2 Å². The van der Waals surface area contributed by atoms with E-state index in [0.717, 1.165) is 23.7 Å². The maximum Gasteiger partial charge on any atom is 0.370 e. The summed E-state index contributed by atoms with van der Waals surface area (Å²) < 4.78 is 61.0. The van der Waals surface area contributed by atoms with Crippen molar-refractivity contribution in [3.05, 3.63) is 0 Å². The first-order chi connectivity index (χ1) is 10.3. The van der Waals surface area contributed by atoms with Crippen molar-refractivity contribution in [2.75, 3.05) is 13.2 Å². The predicted octanol–water partition coefficient (Wildman–Crippen LogP) is 3.34. The molecule has 0 amide bonds. The molecule has 0 aromatic heterocycles. The quantitative estimate of drug-likeness (QED) is 0.571. The second kappa shape index (κ2) is 5.98. The molecule has 0 aromatic carbocycles. The van der Waals surface area contributed by atoms with Gasteiger partial charge in [0.1, 0.15) is 0 Å². The first-order valence-electron chi connectivity index (χ1n) is 8.22. The van der Waals surface area contributed by atoms with Gasteiger partial charge in [0, 0.05) is 19.6 Å². The lowest BCUT2D eigenvalue weighted by atomic mass is 9.76. The van der Waals surface area contributed by atoms with Gasteiger partial charge in [-0.25, -0.2) is 0 Å². The van der Waals surface area contributed by atoms with Crippen LogP contribution < -0.4 is 0 Å². The van der Waals surface area contributed by atoms with Crippen LogP contribution in [0.4, 0.5) is 8.78 Å². The number of fused-ring (bicyclic) bond motifs is 5. The molecule has 22 heavy (non-hydrogen) atoms. The highest BCUT2D eigenvalue weighted by Gasteiger charge is 2.53. The van der Waals surface area contributed by atoms with Crippen LogP contribution in [0.3, 0.4) is 0 Å². The number of halogens is 2. The van der Waals surface area contributed by atoms with Crippen LogP contribution in [0, 0.1) is 29.6 Å². The van der Waals surface area contributed by atoms with Crippen LogP contribution in [-0.2, 0) is 14.9 Å². The van der Waals surface area contributed by atoms with Gasteiger partial charge in [0.15, 0.2) is 0 Å². The van der Waals surface area contributed by atoms with E-state index in [1.54, 1.807) is 0 Å². The van der Waals surface area contributed by atoms with E-state index >= 15 is 0 Å². The van der Waals surface area contributed by atoms with E-state index < -0.39 is 21.8 Å². The Bertz CT molecular complexity index is 508. The van der Waals surface area contributed by atoms with E-state index in [9.17, 15) is 17.2 Å². The third-order valence-corrected chi connectivity index (χ3v) is 6.99. The normalized spacial score (nSPS) is 37.7. The third-order valence-electron chi connectivity index (χ3n) is 6.03. The molecule has 4 nitrogen and oxygen atoms in total. The van der Waals surface area contributed by atoms with Gasteiger partial charge in [-0.3, -0.25) is 4.55 Å². The van der Waals surface area contributed by atoms with Crippen LogP contribution in [0.2, 0.25) is 0 Å². The second-order valence-electron chi connectivity index (χ2n) is 7.20. The second-order valence-corrected chi connectivity index (χ2v) is 8.75. The van der Waals surface area contributed by atoms with Crippen LogP contribution >= 0.6 is 0 Å². The number of ether oxygens (including phenoxy) is 1. The fourth-order valence-electron chi connectivity index (χ4n) is 5.15. The molecule has 3 rings (SSSR count). The third kappa shape index (κ3) is 3.04. The van der Waals surface area contributed by atoms with Crippen LogP contribution in [0.1, 0.15) is 44.9 Å². The zero-order valence-corrected chi connectivity index (χ0v) is 13.4. The molecule has 0 aromatic rings. The Hall–Kier alpha value is -0.270. The summed E-state index contributed by atoms with van der Waals surface area (Å²) in [5, 5.41) is -4.07. The fraction of sp³-hybridized carbons (Fsp3) is 1.00. The predicted molar refractivity (Wildman–Crippen MR) is 77.1 cm³/mol. The fourth-order valence-corrected chi connectivity index (χ4v) is 5.55. The maximum atomic E-state index is 13.0. The van der Waals surface area contributed by atoms with Crippen molar-refractivity contribution >= 4 is 10.1 Å². The molecule has 3 aliphatic carbocycles. The minimum Gasteiger partial charge on any atom is -0.381 e. The molecule has 5 unspecified atom stereocenters. The summed E-state index contributed by atoms with van der Waals surface area (Å²) in [6, 6.07) is 0. The lowest BCUT2D eigenvalue weighted by Gasteiger charge is -2.31. The molecule has 0 radical (unpaired) electrons. The molecule has 0 spiro atoms. The average molecular weight is 338 g/mol. The SMILES string of the molecule is O=S(=O)(O)C(F)(F)CCCOCC1CC2CC1C1CCCC21. The van der Waals surface area contributed by atoms with Gasteiger partial charge < -0.3 is 4.74 Å². The van der Waals surface area contributed by atoms with Crippen LogP contribution in [0.5, 0.6) is 0 Å². The van der Waals surface area contributed by atoms with Gasteiger partial charge in [-0.2, -0.15) is 17.2 Å². The Morgan fingerprint density at radius 3 is 2.59 bits per heavy atom. The van der Waals surface area contributed by atoms with Crippen molar-refractivity contribution in [1.82, 2.24) is 0 Å². The highest BCUT2D eigenvalue weighted by atomic mass is 32.2. The largest absolute Gasteiger partial charge is 0.381 e. The van der Waals surface area contributed by atoms with Gasteiger partial charge in [-0.15, -0.1) is 0 Å². The van der Waals surface area contributed by atoms with E-state index in [0.29, 0.717) is 12.5 Å². The molecule has 3 saturated carbocycles. The van der Waals surface area contributed by atoms with Gasteiger partial charge in [0.2, 0.25) is 0 Å². The molecule has 128 valence electrons. The minimum atomic E-state index is -5.31. The molecule has 2 bridgehead atoms. The Labute approximate surface area is 130 Å². The summed E-state index contributed by atoms with van der Waals surface area (Å²) in [5.74, 6) is 3.92. The maximum absolute atomic E-state index is 13.0. The number of hydrogen-bond acceptors (Lipinski definition) is 3. The van der Waals surface area contributed by atoms with Crippen molar-refractivity contribution in [3.8, 4) is 0 Å². The van der Waals surface area contributed by atoms with Crippen LogP contribution in [0.15, 0.2) is 0 Å². The van der Waals surface area contributed by atoms with Gasteiger partial charge >= 0.3 is 15.4 Å². The Balaban J connectivity index is 1.37. The number of alkyl halides is 2. The molecular formula is C15H24F2O4S. The van der Waals surface area contributed by atoms with Gasteiger partial charge in [0.25, 0.3) is 0 Å². The Morgan fingerprint density at radius 2 is 1.86 bits per heavy atom. The van der Waals surface area contributed by atoms with E-state index in [-0.39, 0.29) is 13.0 Å². The standard InChI is InChI=1S/C15H24F2O4S/c16-15(17,22(18,19)20)5-2-6-21-9-11-7-10-8-14(11)13-4-1-3-12(10)13/h10-14H,1-9H2,(H,18,19,20). The van der Waals surface area contributed by atoms with Crippen molar-refractivity contribution in [1.29, 1.82) is 0 Å². The van der Waals surface area contributed by atoms with E-state index in [1.165, 1.54) is 32.1 Å². The lowest BCUT2D eigenvalue weighted by Crippen LogP contribution is -2.29. The molecule has 0 aliphatic heterocycles. The highest BCUT2D eigenvalue weighted by Crippen LogP contribution is 2.60. The van der Waals surface area contributed by atoms with Gasteiger partial charge in [-0.05, 0) is 61.7 Å². The summed E-state index contributed by atoms with van der Waals surface area (Å²) in [5.41, 5.74) is 0. The summed E-state index contributed by atoms with van der Waals surface area (Å²) in [6.07, 6.45) is 5.61. The summed E-state index contributed by atoms with van der Waals surface area (Å²) >= 11 is 0. The summed E-state index contributed by atoms with van der Waals surface area (Å²) in [4.78, 5) is 0. The number of rotatable bonds is 7. The lowest BCUT2D eigenvalue weighted by molar-refractivity contribution is 0.0318. The van der Waals surface area contributed by atoms with Crippen molar-refractivity contribution < 1.29 is 26.5 Å². The van der Waals surface area contributed by atoms with Gasteiger partial charge in [-0.1, -0.05) is 6.42 Å². The molecule has 1 N–H and O–H groups in total. The molecule has 5 atom stereocenters. The summed E-state index contributed by atoms with van der Waals surface area (Å²) in [6.45, 7) is 0.717. The highest BCUT2D eigenvalue weighted by molar-refractivity contribution is 7.86. The zero-order valence-electron chi connectivity index (χ0n) is 12.6. The molecule has 0 saturated heterocycles. The van der Waals surface area contributed by atoms with E-state index in [1.807, 2.05) is 0 Å². The number of hydrogen-bond donors (Lipinski definition) is 1. The van der Waals surface area contributed by atoms with Crippen molar-refractivity contribution in [3.63, 3.8) is 0 Å². The summed E-state index contributed by atoms with van der Waals surface area (Å²) in [7, 11) is -5.31. The molecular weight excluding hydrogens is 314 g/mol. The molecule has 3 fully saturated rings. The van der Waals surface area contributed by atoms with Crippen molar-refractivity contribution in [2.24, 2.45) is 29.6 Å².